The number of hydrogen-bond acceptors (Lipinski definition) is 5. The monoisotopic (exact) mass is 260 g/mol. The van der Waals surface area contributed by atoms with Crippen LogP contribution in [-0.4, -0.2) is 18.7 Å². The molecule has 0 saturated carbocycles. The molecule has 100 valence electrons. The third-order valence-corrected chi connectivity index (χ3v) is 2.39. The zero-order valence-corrected chi connectivity index (χ0v) is 10.9. The summed E-state index contributed by atoms with van der Waals surface area (Å²) in [5.41, 5.74) is 6.33. The van der Waals surface area contributed by atoms with E-state index in [-0.39, 0.29) is 0 Å². The van der Waals surface area contributed by atoms with Gasteiger partial charge in [0.1, 0.15) is 0 Å². The van der Waals surface area contributed by atoms with Crippen LogP contribution in [0.25, 0.3) is 0 Å². The van der Waals surface area contributed by atoms with Gasteiger partial charge in [-0.2, -0.15) is 4.98 Å². The predicted molar refractivity (Wildman–Crippen MR) is 72.9 cm³/mol. The fraction of sp³-hybridized carbons (Fsp3) is 0.214. The number of hydrogen-bond donors (Lipinski definition) is 1. The third-order valence-electron chi connectivity index (χ3n) is 2.39. The van der Waals surface area contributed by atoms with Crippen molar-refractivity contribution >= 4 is 5.69 Å². The standard InChI is InChI=1S/C14H16N2O3/c1-3-18-13-5-4-6-14(16-13)19-12-9-10(15)7-8-11(12)17-2/h4-9H,3,15H2,1-2H3. The number of methoxy groups -OCH3 is 1. The van der Waals surface area contributed by atoms with Crippen LogP contribution >= 0.6 is 0 Å². The molecular formula is C14H16N2O3. The number of anilines is 1. The van der Waals surface area contributed by atoms with Gasteiger partial charge in [-0.25, -0.2) is 0 Å². The van der Waals surface area contributed by atoms with Crippen molar-refractivity contribution in [3.8, 4) is 23.3 Å². The van der Waals surface area contributed by atoms with Gasteiger partial charge < -0.3 is 19.9 Å². The lowest BCUT2D eigenvalue weighted by Gasteiger charge is -2.11. The highest BCUT2D eigenvalue weighted by Gasteiger charge is 2.07. The Kier molecular flexibility index (Phi) is 4.07. The van der Waals surface area contributed by atoms with Gasteiger partial charge >= 0.3 is 0 Å². The second-order valence-electron chi connectivity index (χ2n) is 3.76. The van der Waals surface area contributed by atoms with Gasteiger partial charge in [-0.15, -0.1) is 0 Å². The summed E-state index contributed by atoms with van der Waals surface area (Å²) in [7, 11) is 1.57. The smallest absolute Gasteiger partial charge is 0.222 e. The summed E-state index contributed by atoms with van der Waals surface area (Å²) in [6.07, 6.45) is 0. The molecule has 0 bridgehead atoms. The maximum Gasteiger partial charge on any atom is 0.222 e. The molecule has 0 fully saturated rings. The molecule has 0 amide bonds. The minimum Gasteiger partial charge on any atom is -0.493 e. The number of nitrogen functional groups attached to an aromatic ring is 1. The maximum atomic E-state index is 5.73. The maximum absolute atomic E-state index is 5.73. The average molecular weight is 260 g/mol. The molecule has 0 unspecified atom stereocenters. The van der Waals surface area contributed by atoms with Crippen LogP contribution < -0.4 is 19.9 Å². The summed E-state index contributed by atoms with van der Waals surface area (Å²) in [6.45, 7) is 2.45. The molecule has 1 heterocycles. The van der Waals surface area contributed by atoms with Crippen LogP contribution in [0, 0.1) is 0 Å². The number of aromatic nitrogens is 1. The van der Waals surface area contributed by atoms with E-state index < -0.39 is 0 Å². The Morgan fingerprint density at radius 3 is 2.63 bits per heavy atom. The Morgan fingerprint density at radius 2 is 1.89 bits per heavy atom. The first-order chi connectivity index (χ1) is 9.22. The van der Waals surface area contributed by atoms with Gasteiger partial charge in [0.2, 0.25) is 11.8 Å². The van der Waals surface area contributed by atoms with Crippen LogP contribution in [0.1, 0.15) is 6.92 Å². The van der Waals surface area contributed by atoms with Crippen LogP contribution in [0.3, 0.4) is 0 Å². The Morgan fingerprint density at radius 1 is 1.11 bits per heavy atom. The predicted octanol–water partition coefficient (Wildman–Crippen LogP) is 2.86. The van der Waals surface area contributed by atoms with Crippen molar-refractivity contribution < 1.29 is 14.2 Å². The Labute approximate surface area is 111 Å². The minimum atomic E-state index is 0.426. The first kappa shape index (κ1) is 13.0. The number of benzene rings is 1. The molecule has 19 heavy (non-hydrogen) atoms. The summed E-state index contributed by atoms with van der Waals surface area (Å²) >= 11 is 0. The largest absolute Gasteiger partial charge is 0.493 e. The molecular weight excluding hydrogens is 244 g/mol. The van der Waals surface area contributed by atoms with Crippen LogP contribution in [0.4, 0.5) is 5.69 Å². The molecule has 0 aliphatic carbocycles. The van der Waals surface area contributed by atoms with Crippen molar-refractivity contribution in [2.75, 3.05) is 19.5 Å². The lowest BCUT2D eigenvalue weighted by Crippen LogP contribution is -1.97. The summed E-state index contributed by atoms with van der Waals surface area (Å²) in [5.74, 6) is 2.05. The van der Waals surface area contributed by atoms with Crippen molar-refractivity contribution in [3.63, 3.8) is 0 Å². The molecule has 0 saturated heterocycles. The second-order valence-corrected chi connectivity index (χ2v) is 3.76. The van der Waals surface area contributed by atoms with E-state index in [1.807, 2.05) is 13.0 Å². The lowest BCUT2D eigenvalue weighted by atomic mass is 10.3. The fourth-order valence-corrected chi connectivity index (χ4v) is 1.57. The zero-order valence-electron chi connectivity index (χ0n) is 10.9. The molecule has 0 spiro atoms. The van der Waals surface area contributed by atoms with Gasteiger partial charge in [-0.1, -0.05) is 6.07 Å². The fourth-order valence-electron chi connectivity index (χ4n) is 1.57. The molecule has 0 radical (unpaired) electrons. The van der Waals surface area contributed by atoms with E-state index in [9.17, 15) is 0 Å². The van der Waals surface area contributed by atoms with Crippen molar-refractivity contribution in [1.82, 2.24) is 4.98 Å². The molecule has 2 N–H and O–H groups in total. The first-order valence-corrected chi connectivity index (χ1v) is 5.94. The second kappa shape index (κ2) is 5.95. The van der Waals surface area contributed by atoms with Crippen LogP contribution in [0.15, 0.2) is 36.4 Å². The van der Waals surface area contributed by atoms with E-state index in [0.29, 0.717) is 35.6 Å². The Bertz CT molecular complexity index is 558. The van der Waals surface area contributed by atoms with Crippen molar-refractivity contribution in [2.45, 2.75) is 6.92 Å². The molecule has 0 aliphatic heterocycles. The van der Waals surface area contributed by atoms with E-state index in [1.54, 1.807) is 37.4 Å². The topological polar surface area (TPSA) is 66.6 Å². The van der Waals surface area contributed by atoms with Gasteiger partial charge in [-0.3, -0.25) is 0 Å². The van der Waals surface area contributed by atoms with Gasteiger partial charge in [0, 0.05) is 23.9 Å². The molecule has 1 aromatic heterocycles. The highest BCUT2D eigenvalue weighted by Crippen LogP contribution is 2.32. The molecule has 0 atom stereocenters. The van der Waals surface area contributed by atoms with Crippen LogP contribution in [0.2, 0.25) is 0 Å². The van der Waals surface area contributed by atoms with Crippen molar-refractivity contribution in [3.05, 3.63) is 36.4 Å². The van der Waals surface area contributed by atoms with E-state index in [1.165, 1.54) is 0 Å². The SMILES string of the molecule is CCOc1cccc(Oc2cc(N)ccc2OC)n1. The molecule has 1 aromatic carbocycles. The molecule has 2 rings (SSSR count). The quantitative estimate of drug-likeness (QED) is 0.837. The first-order valence-electron chi connectivity index (χ1n) is 5.94. The average Bonchev–Trinajstić information content (AvgIpc) is 2.40. The minimum absolute atomic E-state index is 0.426. The van der Waals surface area contributed by atoms with E-state index in [2.05, 4.69) is 4.98 Å². The normalized spacial score (nSPS) is 10.0. The summed E-state index contributed by atoms with van der Waals surface area (Å²) in [5, 5.41) is 0. The summed E-state index contributed by atoms with van der Waals surface area (Å²) < 4.78 is 16.2. The lowest BCUT2D eigenvalue weighted by molar-refractivity contribution is 0.319. The number of nitrogens with two attached hydrogens (primary N) is 1. The van der Waals surface area contributed by atoms with E-state index in [4.69, 9.17) is 19.9 Å². The Hall–Kier alpha value is -2.43. The zero-order chi connectivity index (χ0) is 13.7. The van der Waals surface area contributed by atoms with Crippen LogP contribution in [-0.2, 0) is 0 Å². The number of ether oxygens (including phenoxy) is 3. The molecule has 0 aliphatic rings. The molecule has 5 nitrogen and oxygen atoms in total. The van der Waals surface area contributed by atoms with Crippen LogP contribution in [0.5, 0.6) is 23.3 Å². The van der Waals surface area contributed by atoms with Gasteiger partial charge in [-0.05, 0) is 19.1 Å². The van der Waals surface area contributed by atoms with Gasteiger partial charge in [0.05, 0.1) is 13.7 Å². The number of rotatable bonds is 5. The highest BCUT2D eigenvalue weighted by molar-refractivity contribution is 5.52. The van der Waals surface area contributed by atoms with Gasteiger partial charge in [0.25, 0.3) is 0 Å². The van der Waals surface area contributed by atoms with E-state index in [0.717, 1.165) is 0 Å². The molecule has 5 heteroatoms. The van der Waals surface area contributed by atoms with Crippen molar-refractivity contribution in [1.29, 1.82) is 0 Å². The number of nitrogens with zero attached hydrogens (tertiary/aromatic N) is 1. The summed E-state index contributed by atoms with van der Waals surface area (Å²) in [4.78, 5) is 4.22. The molecule has 2 aromatic rings. The third kappa shape index (κ3) is 3.28. The summed E-state index contributed by atoms with van der Waals surface area (Å²) in [6, 6.07) is 10.5. The number of pyridine rings is 1. The Balaban J connectivity index is 2.25. The van der Waals surface area contributed by atoms with Gasteiger partial charge in [0.15, 0.2) is 11.5 Å². The highest BCUT2D eigenvalue weighted by atomic mass is 16.5. The van der Waals surface area contributed by atoms with Crippen molar-refractivity contribution in [2.24, 2.45) is 0 Å². The van der Waals surface area contributed by atoms with E-state index >= 15 is 0 Å².